The van der Waals surface area contributed by atoms with Crippen LogP contribution in [-0.2, 0) is 16.0 Å². The number of aliphatic hydroxyl groups excluding tert-OH is 1. The molecule has 1 aliphatic rings. The highest BCUT2D eigenvalue weighted by atomic mass is 16.6. The number of imide groups is 1. The fraction of sp³-hybridized carbons (Fsp3) is 0.304. The van der Waals surface area contributed by atoms with Gasteiger partial charge in [0.25, 0.3) is 5.91 Å². The number of benzene rings is 2. The lowest BCUT2D eigenvalue weighted by atomic mass is 9.99. The van der Waals surface area contributed by atoms with Crippen molar-refractivity contribution in [1.29, 1.82) is 0 Å². The minimum Gasteiger partial charge on any atom is -0.515 e. The molecule has 0 aromatic heterocycles. The van der Waals surface area contributed by atoms with Crippen molar-refractivity contribution >= 4 is 12.0 Å². The fourth-order valence-electron chi connectivity index (χ4n) is 3.30. The zero-order valence-corrected chi connectivity index (χ0v) is 16.4. The first-order valence-electron chi connectivity index (χ1n) is 9.32. The maximum absolute atomic E-state index is 12.5. The molecule has 3 rings (SSSR count). The molecule has 0 saturated carbocycles. The summed E-state index contributed by atoms with van der Waals surface area (Å²) >= 11 is 0. The highest BCUT2D eigenvalue weighted by Gasteiger charge is 2.41. The summed E-state index contributed by atoms with van der Waals surface area (Å²) in [5.74, 6) is -0.498. The standard InChI is InChI=1S/C23H25NO4/c1-23(2,3)28-22(27)24-20(14-19(15-25)21(24)26)13-16-9-11-18(12-10-16)17-7-5-4-6-8-17/h4-12,15,20,25H,13-14H2,1-3H3/b19-15-/t20-/m1/s1. The number of carbonyl (C=O) groups is 2. The Balaban J connectivity index is 1.79. The van der Waals surface area contributed by atoms with Crippen LogP contribution in [0.25, 0.3) is 11.1 Å². The normalized spacial score (nSPS) is 18.5. The molecule has 1 heterocycles. The summed E-state index contributed by atoms with van der Waals surface area (Å²) in [6.07, 6.45) is 0.908. The number of likely N-dealkylation sites (tertiary alicyclic amines) is 1. The number of hydrogen-bond acceptors (Lipinski definition) is 4. The average Bonchev–Trinajstić information content (AvgIpc) is 2.97. The SMILES string of the molecule is CC(C)(C)OC(=O)N1C(=O)/C(=C\O)C[C@H]1Cc1ccc(-c2ccccc2)cc1. The van der Waals surface area contributed by atoms with E-state index < -0.39 is 17.6 Å². The highest BCUT2D eigenvalue weighted by molar-refractivity contribution is 6.05. The van der Waals surface area contributed by atoms with E-state index in [2.05, 4.69) is 0 Å². The Labute approximate surface area is 165 Å². The van der Waals surface area contributed by atoms with Gasteiger partial charge in [-0.1, -0.05) is 54.6 Å². The summed E-state index contributed by atoms with van der Waals surface area (Å²) in [6.45, 7) is 5.27. The van der Waals surface area contributed by atoms with Gasteiger partial charge in [0.05, 0.1) is 17.9 Å². The molecule has 2 aromatic carbocycles. The third-order valence-corrected chi connectivity index (χ3v) is 4.59. The van der Waals surface area contributed by atoms with E-state index in [4.69, 9.17) is 4.74 Å². The molecule has 2 aromatic rings. The van der Waals surface area contributed by atoms with Gasteiger partial charge >= 0.3 is 6.09 Å². The van der Waals surface area contributed by atoms with E-state index in [-0.39, 0.29) is 11.6 Å². The van der Waals surface area contributed by atoms with Gasteiger partial charge in [-0.15, -0.1) is 0 Å². The van der Waals surface area contributed by atoms with Crippen LogP contribution in [-0.4, -0.2) is 33.6 Å². The van der Waals surface area contributed by atoms with Crippen molar-refractivity contribution in [3.8, 4) is 11.1 Å². The first kappa shape index (κ1) is 19.7. The van der Waals surface area contributed by atoms with Crippen LogP contribution in [0.15, 0.2) is 66.4 Å². The molecule has 28 heavy (non-hydrogen) atoms. The molecule has 1 N–H and O–H groups in total. The molecule has 0 radical (unpaired) electrons. The average molecular weight is 379 g/mol. The van der Waals surface area contributed by atoms with Crippen molar-refractivity contribution in [1.82, 2.24) is 4.90 Å². The molecule has 5 heteroatoms. The molecular formula is C23H25NO4. The van der Waals surface area contributed by atoms with E-state index in [9.17, 15) is 14.7 Å². The summed E-state index contributed by atoms with van der Waals surface area (Å²) in [5.41, 5.74) is 2.75. The molecule has 146 valence electrons. The molecule has 1 saturated heterocycles. The molecule has 1 aliphatic heterocycles. The van der Waals surface area contributed by atoms with E-state index in [0.717, 1.165) is 27.9 Å². The second-order valence-electron chi connectivity index (χ2n) is 7.93. The number of amides is 2. The Morgan fingerprint density at radius 2 is 1.71 bits per heavy atom. The number of ether oxygens (including phenoxy) is 1. The van der Waals surface area contributed by atoms with E-state index >= 15 is 0 Å². The van der Waals surface area contributed by atoms with E-state index in [1.165, 1.54) is 0 Å². The number of carbonyl (C=O) groups excluding carboxylic acids is 2. The Morgan fingerprint density at radius 3 is 2.29 bits per heavy atom. The third kappa shape index (κ3) is 4.42. The van der Waals surface area contributed by atoms with Crippen molar-refractivity contribution in [2.45, 2.75) is 45.3 Å². The Kier molecular flexibility index (Phi) is 5.54. The summed E-state index contributed by atoms with van der Waals surface area (Å²) in [4.78, 5) is 26.2. The monoisotopic (exact) mass is 379 g/mol. The van der Waals surface area contributed by atoms with E-state index in [0.29, 0.717) is 12.8 Å². The topological polar surface area (TPSA) is 66.8 Å². The van der Waals surface area contributed by atoms with Gasteiger partial charge in [-0.25, -0.2) is 9.69 Å². The zero-order valence-electron chi connectivity index (χ0n) is 16.4. The van der Waals surface area contributed by atoms with Gasteiger partial charge in [0.2, 0.25) is 0 Å². The predicted molar refractivity (Wildman–Crippen MR) is 108 cm³/mol. The van der Waals surface area contributed by atoms with E-state index in [1.807, 2.05) is 54.6 Å². The van der Waals surface area contributed by atoms with Crippen LogP contribution >= 0.6 is 0 Å². The summed E-state index contributed by atoms with van der Waals surface area (Å²) in [6, 6.07) is 17.7. The van der Waals surface area contributed by atoms with Gasteiger partial charge in [0.15, 0.2) is 0 Å². The second kappa shape index (κ2) is 7.89. The fourth-order valence-corrected chi connectivity index (χ4v) is 3.30. The molecule has 0 spiro atoms. The van der Waals surface area contributed by atoms with Gasteiger partial charge in [-0.05, 0) is 43.9 Å². The lowest BCUT2D eigenvalue weighted by Gasteiger charge is -2.27. The lowest BCUT2D eigenvalue weighted by molar-refractivity contribution is -0.125. The van der Waals surface area contributed by atoms with Crippen LogP contribution in [0.2, 0.25) is 0 Å². The minimum atomic E-state index is -0.703. The molecule has 2 amide bonds. The Bertz CT molecular complexity index is 879. The Hall–Kier alpha value is -3.08. The second-order valence-corrected chi connectivity index (χ2v) is 7.93. The minimum absolute atomic E-state index is 0.219. The van der Waals surface area contributed by atoms with Gasteiger partial charge in [-0.3, -0.25) is 4.79 Å². The maximum atomic E-state index is 12.5. The molecule has 1 fully saturated rings. The molecule has 0 bridgehead atoms. The third-order valence-electron chi connectivity index (χ3n) is 4.59. The van der Waals surface area contributed by atoms with Crippen molar-refractivity contribution in [2.75, 3.05) is 0 Å². The van der Waals surface area contributed by atoms with Crippen molar-refractivity contribution < 1.29 is 19.4 Å². The van der Waals surface area contributed by atoms with Crippen LogP contribution in [0.5, 0.6) is 0 Å². The van der Waals surface area contributed by atoms with Gasteiger partial charge < -0.3 is 9.84 Å². The highest BCUT2D eigenvalue weighted by Crippen LogP contribution is 2.29. The lowest BCUT2D eigenvalue weighted by Crippen LogP contribution is -2.43. The smallest absolute Gasteiger partial charge is 0.417 e. The molecular weight excluding hydrogens is 354 g/mol. The van der Waals surface area contributed by atoms with E-state index in [1.54, 1.807) is 20.8 Å². The molecule has 1 atom stereocenters. The van der Waals surface area contributed by atoms with Crippen molar-refractivity contribution in [3.05, 3.63) is 72.0 Å². The van der Waals surface area contributed by atoms with Crippen LogP contribution in [0.4, 0.5) is 4.79 Å². The number of aliphatic hydroxyl groups is 1. The first-order valence-corrected chi connectivity index (χ1v) is 9.32. The van der Waals surface area contributed by atoms with Crippen LogP contribution < -0.4 is 0 Å². The van der Waals surface area contributed by atoms with Crippen molar-refractivity contribution in [2.24, 2.45) is 0 Å². The van der Waals surface area contributed by atoms with Gasteiger partial charge in [-0.2, -0.15) is 0 Å². The Morgan fingerprint density at radius 1 is 1.11 bits per heavy atom. The number of rotatable bonds is 3. The van der Waals surface area contributed by atoms with Crippen LogP contribution in [0, 0.1) is 0 Å². The number of hydrogen-bond donors (Lipinski definition) is 1. The maximum Gasteiger partial charge on any atom is 0.417 e. The number of nitrogens with zero attached hydrogens (tertiary/aromatic N) is 1. The molecule has 0 unspecified atom stereocenters. The summed E-state index contributed by atoms with van der Waals surface area (Å²) in [5, 5.41) is 9.35. The predicted octanol–water partition coefficient (Wildman–Crippen LogP) is 4.87. The van der Waals surface area contributed by atoms with Gasteiger partial charge in [0, 0.05) is 6.42 Å². The summed E-state index contributed by atoms with van der Waals surface area (Å²) < 4.78 is 5.39. The van der Waals surface area contributed by atoms with Crippen LogP contribution in [0.3, 0.4) is 0 Å². The zero-order chi connectivity index (χ0) is 20.3. The van der Waals surface area contributed by atoms with Gasteiger partial charge in [0.1, 0.15) is 5.60 Å². The van der Waals surface area contributed by atoms with Crippen LogP contribution in [0.1, 0.15) is 32.8 Å². The molecule has 5 nitrogen and oxygen atoms in total. The van der Waals surface area contributed by atoms with Crippen molar-refractivity contribution in [3.63, 3.8) is 0 Å². The first-order chi connectivity index (χ1) is 13.3. The molecule has 0 aliphatic carbocycles. The largest absolute Gasteiger partial charge is 0.515 e. The quantitative estimate of drug-likeness (QED) is 0.610. The summed E-state index contributed by atoms with van der Waals surface area (Å²) in [7, 11) is 0.